The van der Waals surface area contributed by atoms with E-state index in [0.29, 0.717) is 12.6 Å². The van der Waals surface area contributed by atoms with E-state index in [9.17, 15) is 4.79 Å². The molecule has 0 spiro atoms. The molecule has 2 aliphatic rings. The van der Waals surface area contributed by atoms with Gasteiger partial charge in [0.1, 0.15) is 12.4 Å². The van der Waals surface area contributed by atoms with Crippen molar-refractivity contribution in [2.75, 3.05) is 39.3 Å². The fourth-order valence-electron chi connectivity index (χ4n) is 3.86. The van der Waals surface area contributed by atoms with Crippen molar-refractivity contribution in [3.05, 3.63) is 65.7 Å². The molecule has 0 aromatic heterocycles. The number of piperazine rings is 1. The fourth-order valence-corrected chi connectivity index (χ4v) is 3.86. The molecule has 27 heavy (non-hydrogen) atoms. The monoisotopic (exact) mass is 365 g/mol. The van der Waals surface area contributed by atoms with E-state index in [1.807, 2.05) is 59.5 Å². The molecule has 0 aliphatic carbocycles. The molecule has 0 saturated carbocycles. The van der Waals surface area contributed by atoms with Gasteiger partial charge >= 0.3 is 0 Å². The first-order valence-corrected chi connectivity index (χ1v) is 9.80. The molecule has 2 fully saturated rings. The Labute approximate surface area is 160 Å². The summed E-state index contributed by atoms with van der Waals surface area (Å²) < 4.78 is 5.81. The maximum Gasteiger partial charge on any atom is 0.253 e. The first-order chi connectivity index (χ1) is 13.3. The Morgan fingerprint density at radius 2 is 1.74 bits per heavy atom. The van der Waals surface area contributed by atoms with Gasteiger partial charge < -0.3 is 15.0 Å². The second-order valence-electron chi connectivity index (χ2n) is 7.27. The van der Waals surface area contributed by atoms with Crippen molar-refractivity contribution < 1.29 is 9.53 Å². The van der Waals surface area contributed by atoms with Crippen LogP contribution in [0.15, 0.2) is 54.6 Å². The third-order valence-electron chi connectivity index (χ3n) is 5.50. The Bertz CT molecular complexity index is 734. The van der Waals surface area contributed by atoms with Gasteiger partial charge in [0.05, 0.1) is 0 Å². The normalized spacial score (nSPS) is 20.6. The summed E-state index contributed by atoms with van der Waals surface area (Å²) in [5.41, 5.74) is 1.87. The zero-order chi connectivity index (χ0) is 18.5. The molecule has 1 amide bonds. The number of hydrogen-bond acceptors (Lipinski definition) is 4. The van der Waals surface area contributed by atoms with Gasteiger partial charge in [-0.2, -0.15) is 0 Å². The molecule has 1 atom stereocenters. The minimum atomic E-state index is 0.119. The highest BCUT2D eigenvalue weighted by atomic mass is 16.5. The Balaban J connectivity index is 1.29. The number of carbonyl (C=O) groups is 1. The molecule has 2 aliphatic heterocycles. The van der Waals surface area contributed by atoms with Gasteiger partial charge in [0.25, 0.3) is 5.91 Å². The average Bonchev–Trinajstić information content (AvgIpc) is 3.28. The topological polar surface area (TPSA) is 44.8 Å². The first-order valence-electron chi connectivity index (χ1n) is 9.80. The molecule has 1 N–H and O–H groups in total. The van der Waals surface area contributed by atoms with Crippen molar-refractivity contribution in [2.45, 2.75) is 19.1 Å². The fraction of sp³-hybridized carbons (Fsp3) is 0.409. The predicted octanol–water partition coefficient (Wildman–Crippen LogP) is 2.39. The van der Waals surface area contributed by atoms with Crippen LogP contribution in [-0.2, 0) is 6.61 Å². The standard InChI is InChI=1S/C22H27N3O2/c26-22(25-14-12-24(13-15-25)20-10-11-23-16-20)19-6-8-21(9-7-19)27-17-18-4-2-1-3-5-18/h1-9,20,23H,10-17H2. The molecule has 4 rings (SSSR count). The third kappa shape index (κ3) is 4.49. The van der Waals surface area contributed by atoms with E-state index in [4.69, 9.17) is 4.74 Å². The highest BCUT2D eigenvalue weighted by Crippen LogP contribution is 2.17. The number of hydrogen-bond donors (Lipinski definition) is 1. The number of rotatable bonds is 5. The molecule has 0 radical (unpaired) electrons. The highest BCUT2D eigenvalue weighted by molar-refractivity contribution is 5.94. The van der Waals surface area contributed by atoms with Crippen molar-refractivity contribution in [1.29, 1.82) is 0 Å². The number of carbonyl (C=O) groups excluding carboxylic acids is 1. The van der Waals surface area contributed by atoms with Crippen LogP contribution >= 0.6 is 0 Å². The summed E-state index contributed by atoms with van der Waals surface area (Å²) >= 11 is 0. The van der Waals surface area contributed by atoms with Gasteiger partial charge in [0.2, 0.25) is 0 Å². The van der Waals surface area contributed by atoms with Crippen LogP contribution in [-0.4, -0.2) is 61.0 Å². The van der Waals surface area contributed by atoms with Gasteiger partial charge in [-0.25, -0.2) is 0 Å². The summed E-state index contributed by atoms with van der Waals surface area (Å²) in [6.45, 7) is 6.28. The van der Waals surface area contributed by atoms with E-state index < -0.39 is 0 Å². The Kier molecular flexibility index (Phi) is 5.70. The van der Waals surface area contributed by atoms with Crippen molar-refractivity contribution in [3.63, 3.8) is 0 Å². The molecular formula is C22H27N3O2. The second-order valence-corrected chi connectivity index (χ2v) is 7.27. The SMILES string of the molecule is O=C(c1ccc(OCc2ccccc2)cc1)N1CCN(C2CCNC2)CC1. The van der Waals surface area contributed by atoms with Gasteiger partial charge in [-0.15, -0.1) is 0 Å². The lowest BCUT2D eigenvalue weighted by Gasteiger charge is -2.37. The van der Waals surface area contributed by atoms with Crippen LogP contribution in [0, 0.1) is 0 Å². The van der Waals surface area contributed by atoms with Crippen molar-refractivity contribution in [3.8, 4) is 5.75 Å². The summed E-state index contributed by atoms with van der Waals surface area (Å²) in [4.78, 5) is 17.3. The van der Waals surface area contributed by atoms with Crippen LogP contribution < -0.4 is 10.1 Å². The number of nitrogens with zero attached hydrogens (tertiary/aromatic N) is 2. The molecule has 1 unspecified atom stereocenters. The van der Waals surface area contributed by atoms with Crippen LogP contribution in [0.1, 0.15) is 22.3 Å². The zero-order valence-electron chi connectivity index (χ0n) is 15.6. The van der Waals surface area contributed by atoms with Gasteiger partial charge in [-0.3, -0.25) is 9.69 Å². The third-order valence-corrected chi connectivity index (χ3v) is 5.50. The van der Waals surface area contributed by atoms with Crippen molar-refractivity contribution in [1.82, 2.24) is 15.1 Å². The molecule has 2 heterocycles. The van der Waals surface area contributed by atoms with E-state index in [1.165, 1.54) is 6.42 Å². The number of amides is 1. The molecule has 5 nitrogen and oxygen atoms in total. The molecule has 2 saturated heterocycles. The van der Waals surface area contributed by atoms with Crippen LogP contribution in [0.4, 0.5) is 0 Å². The predicted molar refractivity (Wildman–Crippen MR) is 106 cm³/mol. The maximum atomic E-state index is 12.8. The van der Waals surface area contributed by atoms with Crippen molar-refractivity contribution >= 4 is 5.91 Å². The summed E-state index contributed by atoms with van der Waals surface area (Å²) in [7, 11) is 0. The van der Waals surface area contributed by atoms with Gasteiger partial charge in [-0.1, -0.05) is 30.3 Å². The Morgan fingerprint density at radius 3 is 2.41 bits per heavy atom. The lowest BCUT2D eigenvalue weighted by molar-refractivity contribution is 0.0584. The number of ether oxygens (including phenoxy) is 1. The average molecular weight is 365 g/mol. The highest BCUT2D eigenvalue weighted by Gasteiger charge is 2.28. The molecule has 5 heteroatoms. The van der Waals surface area contributed by atoms with Gasteiger partial charge in [0.15, 0.2) is 0 Å². The van der Waals surface area contributed by atoms with Crippen molar-refractivity contribution in [2.24, 2.45) is 0 Å². The van der Waals surface area contributed by atoms with Crippen LogP contribution in [0.5, 0.6) is 5.75 Å². The quantitative estimate of drug-likeness (QED) is 0.884. The maximum absolute atomic E-state index is 12.8. The minimum Gasteiger partial charge on any atom is -0.489 e. The smallest absolute Gasteiger partial charge is 0.253 e. The molecule has 2 aromatic carbocycles. The lowest BCUT2D eigenvalue weighted by Crippen LogP contribution is -2.52. The summed E-state index contributed by atoms with van der Waals surface area (Å²) in [5, 5.41) is 3.42. The second kappa shape index (κ2) is 8.55. The van der Waals surface area contributed by atoms with Crippen LogP contribution in [0.2, 0.25) is 0 Å². The lowest BCUT2D eigenvalue weighted by atomic mass is 10.1. The summed E-state index contributed by atoms with van der Waals surface area (Å²) in [5.74, 6) is 0.905. The first kappa shape index (κ1) is 18.0. The largest absolute Gasteiger partial charge is 0.489 e. The Morgan fingerprint density at radius 1 is 1.00 bits per heavy atom. The molecule has 0 bridgehead atoms. The van der Waals surface area contributed by atoms with E-state index in [1.54, 1.807) is 0 Å². The molecular weight excluding hydrogens is 338 g/mol. The van der Waals surface area contributed by atoms with Gasteiger partial charge in [0, 0.05) is 44.3 Å². The Hall–Kier alpha value is -2.37. The zero-order valence-corrected chi connectivity index (χ0v) is 15.6. The van der Waals surface area contributed by atoms with E-state index in [0.717, 1.165) is 56.1 Å². The number of nitrogens with one attached hydrogen (secondary N) is 1. The van der Waals surface area contributed by atoms with E-state index in [-0.39, 0.29) is 5.91 Å². The molecule has 2 aromatic rings. The van der Waals surface area contributed by atoms with E-state index >= 15 is 0 Å². The molecule has 142 valence electrons. The summed E-state index contributed by atoms with van der Waals surface area (Å²) in [6, 6.07) is 18.2. The van der Waals surface area contributed by atoms with Crippen LogP contribution in [0.3, 0.4) is 0 Å². The summed E-state index contributed by atoms with van der Waals surface area (Å²) in [6.07, 6.45) is 1.22. The van der Waals surface area contributed by atoms with E-state index in [2.05, 4.69) is 10.2 Å². The van der Waals surface area contributed by atoms with Gasteiger partial charge in [-0.05, 0) is 42.8 Å². The van der Waals surface area contributed by atoms with Crippen LogP contribution in [0.25, 0.3) is 0 Å². The number of benzene rings is 2. The minimum absolute atomic E-state index is 0.119.